The number of aromatic nitrogens is 1. The molecule has 0 atom stereocenters. The minimum Gasteiger partial charge on any atom is -0.458 e. The van der Waals surface area contributed by atoms with Crippen molar-refractivity contribution in [1.82, 2.24) is 4.40 Å². The highest BCUT2D eigenvalue weighted by Gasteiger charge is 2.44. The van der Waals surface area contributed by atoms with Gasteiger partial charge in [-0.25, -0.2) is 0 Å². The van der Waals surface area contributed by atoms with Gasteiger partial charge in [-0.05, 0) is 190 Å². The molecule has 0 saturated heterocycles. The smallest absolute Gasteiger partial charge is 0.260 e. The van der Waals surface area contributed by atoms with Crippen molar-refractivity contribution >= 4 is 172 Å². The Bertz CT molecular complexity index is 8840. The summed E-state index contributed by atoms with van der Waals surface area (Å²) < 4.78 is 52.5. The quantitative estimate of drug-likeness (QED) is 0.158. The zero-order chi connectivity index (χ0) is 98.7. The first kappa shape index (κ1) is 91.1. The lowest BCUT2D eigenvalue weighted by Crippen LogP contribution is -2.57. The summed E-state index contributed by atoms with van der Waals surface area (Å²) in [4.78, 5) is 0. The molecule has 11 heteroatoms. The fourth-order valence-corrected chi connectivity index (χ4v) is 22.1. The van der Waals surface area contributed by atoms with E-state index >= 15 is 0 Å². The molecule has 0 bridgehead atoms. The summed E-state index contributed by atoms with van der Waals surface area (Å²) in [5.41, 5.74) is 31.4. The van der Waals surface area contributed by atoms with E-state index in [1.54, 1.807) is 0 Å². The van der Waals surface area contributed by atoms with Crippen LogP contribution < -0.4 is 51.7 Å². The van der Waals surface area contributed by atoms with Crippen LogP contribution in [0.15, 0.2) is 388 Å². The van der Waals surface area contributed by atoms with E-state index in [4.69, 9.17) is 36.6 Å². The number of ether oxygens (including phenoxy) is 4. The lowest BCUT2D eigenvalue weighted by atomic mass is 9.34. The van der Waals surface area contributed by atoms with Crippen molar-refractivity contribution in [2.24, 2.45) is 0 Å². The average molecular weight is 1860 g/mol. The molecule has 143 heavy (non-hydrogen) atoms. The molecule has 24 aromatic rings. The Morgan fingerprint density at radius 2 is 0.545 bits per heavy atom. The molecule has 4 aliphatic rings. The molecule has 0 amide bonds. The minimum atomic E-state index is -0.117. The maximum Gasteiger partial charge on any atom is 0.260 e. The number of fused-ring (bicyclic) bond motifs is 26. The summed E-state index contributed by atoms with van der Waals surface area (Å²) in [5.74, 6) is 7.46. The van der Waals surface area contributed by atoms with E-state index in [9.17, 15) is 0 Å². The first-order chi connectivity index (χ1) is 68.8. The van der Waals surface area contributed by atoms with Crippen molar-refractivity contribution in [1.29, 1.82) is 0 Å². The Balaban J connectivity index is 0.0000000970. The summed E-state index contributed by atoms with van der Waals surface area (Å²) in [7, 11) is 0. The summed E-state index contributed by atoms with van der Waals surface area (Å²) in [5, 5.41) is 14.9. The normalized spacial score (nSPS) is 13.0. The topological polar surface area (TPSA) is 93.9 Å². The molecule has 18 aromatic carbocycles. The van der Waals surface area contributed by atoms with Gasteiger partial charge in [-0.15, -0.1) is 0 Å². The van der Waals surface area contributed by atoms with Crippen molar-refractivity contribution in [2.75, 3.05) is 0 Å². The number of para-hydroxylation sites is 13. The van der Waals surface area contributed by atoms with E-state index in [1.807, 2.05) is 84.9 Å². The first-order valence-corrected chi connectivity index (χ1v) is 50.1. The second-order valence-electron chi connectivity index (χ2n) is 44.8. The summed E-state index contributed by atoms with van der Waals surface area (Å²) in [6.07, 6.45) is 0. The maximum atomic E-state index is 6.44. The molecule has 9 nitrogen and oxygen atoms in total. The van der Waals surface area contributed by atoms with Gasteiger partial charge < -0.3 is 41.0 Å². The Labute approximate surface area is 836 Å². The van der Waals surface area contributed by atoms with E-state index in [1.165, 1.54) is 126 Å². The third-order valence-electron chi connectivity index (χ3n) is 29.0. The van der Waals surface area contributed by atoms with Gasteiger partial charge in [0.25, 0.3) is 13.4 Å². The molecule has 0 unspecified atom stereocenters. The lowest BCUT2D eigenvalue weighted by molar-refractivity contribution is 0.446. The standard InChI is InChI=1S/C34H26O2.2C22H19BO2.C22H19N.2C16H16O/c1-34(2,3)31-23(27-17-9-15-25-21-11-4-6-19-29(21)35-32(25)27)13-8-14-24(31)28-18-10-16-26-22-12-5-7-20-30(22)36-33(26)28;1-22(2,3)14-12-19-21-20(13-14)25-18-11-7-5-9-16(18)23(21)15-8-4-6-10-17(15)24-19;1-22(2,3)14-12-13-19-20-21(14)25-18-11-7-5-9-16(18)23(20)15-8-4-6-10-17(15)24-19;1-22(2,3)14-12-17-15-8-4-6-10-19(15)23-20-11-7-5-9-16(20)18(13-14)21(17)23;1-16(2,3)13-9-6-8-12-11-7-4-5-10-14(11)17-15(12)13;1-16(2,3)12-8-6-10-14-15(12)11-7-4-5-9-13(11)17-14/h4-20H,1-3H3;2*4-13H,1-3H3;4-13H,1-3H3;2*4-10H,1-3H3. The third-order valence-corrected chi connectivity index (χ3v) is 29.0. The van der Waals surface area contributed by atoms with Crippen LogP contribution in [0.5, 0.6) is 46.0 Å². The third kappa shape index (κ3) is 16.0. The molecule has 0 N–H and O–H groups in total. The van der Waals surface area contributed by atoms with Gasteiger partial charge in [0.15, 0.2) is 0 Å². The molecular weight excluding hydrogens is 1750 g/mol. The van der Waals surface area contributed by atoms with Crippen molar-refractivity contribution in [2.45, 2.75) is 157 Å². The molecule has 0 spiro atoms. The number of hydrogen-bond acceptors (Lipinski definition) is 8. The van der Waals surface area contributed by atoms with Gasteiger partial charge in [0.05, 0.1) is 16.6 Å². The van der Waals surface area contributed by atoms with E-state index in [2.05, 4.69) is 414 Å². The van der Waals surface area contributed by atoms with Crippen LogP contribution in [-0.4, -0.2) is 17.8 Å². The van der Waals surface area contributed by atoms with Crippen LogP contribution in [0.1, 0.15) is 158 Å². The number of hydrogen-bond donors (Lipinski definition) is 0. The van der Waals surface area contributed by atoms with Crippen molar-refractivity contribution in [3.05, 3.63) is 403 Å². The fourth-order valence-electron chi connectivity index (χ4n) is 22.1. The average Bonchev–Trinajstić information content (AvgIpc) is 1.58. The van der Waals surface area contributed by atoms with Gasteiger partial charge in [0, 0.05) is 92.3 Å². The molecule has 702 valence electrons. The molecule has 0 saturated carbocycles. The van der Waals surface area contributed by atoms with Crippen LogP contribution in [0.2, 0.25) is 0 Å². The van der Waals surface area contributed by atoms with Crippen LogP contribution in [-0.2, 0) is 32.5 Å². The van der Waals surface area contributed by atoms with Crippen LogP contribution >= 0.6 is 0 Å². The van der Waals surface area contributed by atoms with Crippen LogP contribution in [0.3, 0.4) is 0 Å². The van der Waals surface area contributed by atoms with Crippen LogP contribution in [0, 0.1) is 0 Å². The second kappa shape index (κ2) is 34.6. The largest absolute Gasteiger partial charge is 0.458 e. The maximum absolute atomic E-state index is 6.44. The Hall–Kier alpha value is -15.7. The zero-order valence-electron chi connectivity index (χ0n) is 84.6. The van der Waals surface area contributed by atoms with Crippen molar-refractivity contribution in [3.63, 3.8) is 0 Å². The predicted molar refractivity (Wildman–Crippen MR) is 601 cm³/mol. The van der Waals surface area contributed by atoms with E-state index in [-0.39, 0.29) is 45.9 Å². The van der Waals surface area contributed by atoms with Gasteiger partial charge in [0.2, 0.25) is 0 Å². The number of nitrogens with zero attached hydrogens (tertiary/aromatic N) is 1. The van der Waals surface area contributed by atoms with E-state index < -0.39 is 0 Å². The Morgan fingerprint density at radius 3 is 1.00 bits per heavy atom. The molecule has 6 aromatic heterocycles. The summed E-state index contributed by atoms with van der Waals surface area (Å²) >= 11 is 0. The number of benzene rings is 18. The number of rotatable bonds is 2. The fraction of sp³-hybridized carbons (Fsp3) is 0.182. The van der Waals surface area contributed by atoms with Crippen molar-refractivity contribution in [3.8, 4) is 68.2 Å². The highest BCUT2D eigenvalue weighted by atomic mass is 16.5. The van der Waals surface area contributed by atoms with Crippen molar-refractivity contribution < 1.29 is 36.6 Å². The molecule has 0 aliphatic carbocycles. The van der Waals surface area contributed by atoms with Gasteiger partial charge in [-0.2, -0.15) is 0 Å². The molecule has 28 rings (SSSR count). The molecule has 0 fully saturated rings. The highest BCUT2D eigenvalue weighted by Crippen LogP contribution is 2.50. The summed E-state index contributed by atoms with van der Waals surface area (Å²) in [6, 6.07) is 130. The van der Waals surface area contributed by atoms with Gasteiger partial charge >= 0.3 is 0 Å². The first-order valence-electron chi connectivity index (χ1n) is 50.1. The SMILES string of the molecule is CC(C)(C)c1c(-c2cccc3c2oc2ccccc23)cccc1-c1cccc2c1oc1ccccc12.CC(C)(C)c1cc2c3c(c1)Oc1ccccc1B3c1ccccc1O2.CC(C)(C)c1cc2c3ccccc3n3c4ccccc4c(c1)c23.CC(C)(C)c1ccc2c3c1Oc1ccccc1B3c1ccccc1O2.CC(C)(C)c1cccc2c1oc1ccccc12.CC(C)(C)c1cccc2oc3ccccc3c12. The zero-order valence-corrected chi connectivity index (χ0v) is 84.6. The van der Waals surface area contributed by atoms with Crippen LogP contribution in [0.4, 0.5) is 0 Å². The van der Waals surface area contributed by atoms with E-state index in [0.29, 0.717) is 0 Å². The summed E-state index contributed by atoms with van der Waals surface area (Å²) in [6.45, 7) is 40.7. The number of furan rings is 4. The molecule has 4 aliphatic heterocycles. The Kier molecular flexibility index (Phi) is 22.1. The van der Waals surface area contributed by atoms with Gasteiger partial charge in [-0.1, -0.05) is 398 Å². The van der Waals surface area contributed by atoms with Gasteiger partial charge in [-0.3, -0.25) is 0 Å². The predicted octanol–water partition coefficient (Wildman–Crippen LogP) is 33.4. The molecule has 0 radical (unpaired) electrons. The monoisotopic (exact) mass is 1860 g/mol. The van der Waals surface area contributed by atoms with Crippen LogP contribution in [0.25, 0.3) is 148 Å². The molecular formula is C132H115B2NO8. The van der Waals surface area contributed by atoms with Gasteiger partial charge in [0.1, 0.15) is 90.7 Å². The Morgan fingerprint density at radius 1 is 0.210 bits per heavy atom. The second-order valence-corrected chi connectivity index (χ2v) is 44.8. The molecule has 10 heterocycles. The highest BCUT2D eigenvalue weighted by molar-refractivity contribution is 6.99. The minimum absolute atomic E-state index is 0.00182. The lowest BCUT2D eigenvalue weighted by Gasteiger charge is -2.35. The van der Waals surface area contributed by atoms with E-state index in [0.717, 1.165) is 134 Å².